The highest BCUT2D eigenvalue weighted by Crippen LogP contribution is 2.29. The third kappa shape index (κ3) is 4.89. The van der Waals surface area contributed by atoms with Crippen LogP contribution in [0.15, 0.2) is 34.2 Å². The third-order valence-electron chi connectivity index (χ3n) is 3.45. The number of aryl methyl sites for hydroxylation is 1. The summed E-state index contributed by atoms with van der Waals surface area (Å²) in [5, 5.41) is 14.2. The van der Waals surface area contributed by atoms with Crippen molar-refractivity contribution in [1.29, 1.82) is 0 Å². The molecule has 0 atom stereocenters. The van der Waals surface area contributed by atoms with Crippen molar-refractivity contribution in [2.75, 3.05) is 11.1 Å². The van der Waals surface area contributed by atoms with Gasteiger partial charge in [-0.05, 0) is 12.5 Å². The largest absolute Gasteiger partial charge is 0.301 e. The lowest BCUT2D eigenvalue weighted by atomic mass is 10.2. The molecule has 0 fully saturated rings. The van der Waals surface area contributed by atoms with E-state index in [1.165, 1.54) is 18.2 Å². The summed E-state index contributed by atoms with van der Waals surface area (Å²) in [6.45, 7) is 2.00. The molecular formula is C16H15N5O4S2. The van der Waals surface area contributed by atoms with Crippen LogP contribution in [0.5, 0.6) is 0 Å². The Balaban J connectivity index is 1.65. The highest BCUT2D eigenvalue weighted by Gasteiger charge is 2.13. The van der Waals surface area contributed by atoms with Crippen molar-refractivity contribution in [3.05, 3.63) is 50.4 Å². The molecule has 11 heteroatoms. The van der Waals surface area contributed by atoms with Gasteiger partial charge in [0.15, 0.2) is 10.3 Å². The van der Waals surface area contributed by atoms with E-state index in [9.17, 15) is 19.7 Å². The first-order valence-electron chi connectivity index (χ1n) is 8.02. The monoisotopic (exact) mass is 405 g/mol. The zero-order chi connectivity index (χ0) is 19.4. The number of thioether (sulfide) groups is 1. The first kappa shape index (κ1) is 19.0. The summed E-state index contributed by atoms with van der Waals surface area (Å²) in [6.07, 6.45) is 1.57. The zero-order valence-corrected chi connectivity index (χ0v) is 15.9. The summed E-state index contributed by atoms with van der Waals surface area (Å²) in [4.78, 5) is 45.3. The first-order chi connectivity index (χ1) is 12.9. The summed E-state index contributed by atoms with van der Waals surface area (Å²) in [7, 11) is 0. The number of hydrogen-bond acceptors (Lipinski definition) is 8. The predicted molar refractivity (Wildman–Crippen MR) is 104 cm³/mol. The van der Waals surface area contributed by atoms with E-state index >= 15 is 0 Å². The van der Waals surface area contributed by atoms with E-state index < -0.39 is 4.92 Å². The van der Waals surface area contributed by atoms with Crippen LogP contribution in [0.3, 0.4) is 0 Å². The summed E-state index contributed by atoms with van der Waals surface area (Å²) >= 11 is 2.28. The number of nitro groups is 1. The van der Waals surface area contributed by atoms with E-state index in [0.29, 0.717) is 32.6 Å². The molecule has 9 nitrogen and oxygen atoms in total. The highest BCUT2D eigenvalue weighted by atomic mass is 32.2. The number of non-ortho nitro benzene ring substituents is 1. The van der Waals surface area contributed by atoms with Gasteiger partial charge in [-0.2, -0.15) is 0 Å². The standard InChI is InChI=1S/C16H15N5O4S2/c1-2-3-9-6-13(22)19-15(17-9)26-8-14(23)20-16-18-11-5-4-10(21(24)25)7-12(11)27-16/h4-7H,2-3,8H2,1H3,(H,17,19,22)(H,18,20,23). The number of fused-ring (bicyclic) bond motifs is 1. The molecule has 2 N–H and O–H groups in total. The SMILES string of the molecule is CCCc1cc(=O)[nH]c(SCC(=O)Nc2nc3ccc([N+](=O)[O-])cc3s2)n1. The average molecular weight is 405 g/mol. The van der Waals surface area contributed by atoms with Crippen molar-refractivity contribution in [2.24, 2.45) is 0 Å². The van der Waals surface area contributed by atoms with Gasteiger partial charge in [-0.1, -0.05) is 36.4 Å². The molecule has 0 aliphatic rings. The summed E-state index contributed by atoms with van der Waals surface area (Å²) < 4.78 is 0.616. The van der Waals surface area contributed by atoms with Crippen molar-refractivity contribution in [3.8, 4) is 0 Å². The maximum atomic E-state index is 12.1. The number of aromatic nitrogens is 3. The van der Waals surface area contributed by atoms with Gasteiger partial charge < -0.3 is 10.3 Å². The second-order valence-electron chi connectivity index (χ2n) is 5.56. The van der Waals surface area contributed by atoms with E-state index in [1.54, 1.807) is 6.07 Å². The molecule has 0 spiro atoms. The number of aromatic amines is 1. The van der Waals surface area contributed by atoms with E-state index in [2.05, 4.69) is 20.3 Å². The van der Waals surface area contributed by atoms with Gasteiger partial charge in [0.2, 0.25) is 5.91 Å². The minimum absolute atomic E-state index is 0.0263. The molecule has 2 aromatic heterocycles. The number of rotatable bonds is 7. The third-order valence-corrected chi connectivity index (χ3v) is 5.26. The van der Waals surface area contributed by atoms with Crippen LogP contribution in [0, 0.1) is 10.1 Å². The lowest BCUT2D eigenvalue weighted by Gasteiger charge is -2.03. The van der Waals surface area contributed by atoms with E-state index in [0.717, 1.165) is 29.5 Å². The molecule has 3 aromatic rings. The van der Waals surface area contributed by atoms with Gasteiger partial charge in [-0.3, -0.25) is 19.7 Å². The van der Waals surface area contributed by atoms with Crippen LogP contribution in [-0.4, -0.2) is 31.5 Å². The summed E-state index contributed by atoms with van der Waals surface area (Å²) in [6, 6.07) is 5.79. The zero-order valence-electron chi connectivity index (χ0n) is 14.2. The molecule has 0 unspecified atom stereocenters. The van der Waals surface area contributed by atoms with Crippen molar-refractivity contribution in [1.82, 2.24) is 15.0 Å². The smallest absolute Gasteiger partial charge is 0.270 e. The Hall–Kier alpha value is -2.79. The van der Waals surface area contributed by atoms with Crippen LogP contribution in [0.2, 0.25) is 0 Å². The number of nitrogens with one attached hydrogen (secondary N) is 2. The van der Waals surface area contributed by atoms with Crippen LogP contribution in [-0.2, 0) is 11.2 Å². The molecule has 0 saturated carbocycles. The lowest BCUT2D eigenvalue weighted by Crippen LogP contribution is -2.15. The Morgan fingerprint density at radius 3 is 2.93 bits per heavy atom. The Bertz CT molecular complexity index is 1060. The van der Waals surface area contributed by atoms with E-state index in [4.69, 9.17) is 0 Å². The second-order valence-corrected chi connectivity index (χ2v) is 7.55. The number of nitrogens with zero attached hydrogens (tertiary/aromatic N) is 3. The van der Waals surface area contributed by atoms with E-state index in [-0.39, 0.29) is 22.9 Å². The van der Waals surface area contributed by atoms with Gasteiger partial charge in [-0.15, -0.1) is 0 Å². The fourth-order valence-electron chi connectivity index (χ4n) is 2.31. The molecule has 1 amide bonds. The number of nitro benzene ring substituents is 1. The molecule has 0 saturated heterocycles. The minimum Gasteiger partial charge on any atom is -0.301 e. The fourth-order valence-corrected chi connectivity index (χ4v) is 3.92. The van der Waals surface area contributed by atoms with Crippen molar-refractivity contribution in [3.63, 3.8) is 0 Å². The van der Waals surface area contributed by atoms with E-state index in [1.807, 2.05) is 6.92 Å². The van der Waals surface area contributed by atoms with Crippen molar-refractivity contribution in [2.45, 2.75) is 24.9 Å². The Labute approximate surface area is 161 Å². The maximum absolute atomic E-state index is 12.1. The van der Waals surface area contributed by atoms with Crippen molar-refractivity contribution < 1.29 is 9.72 Å². The number of thiazole rings is 1. The number of carbonyl (C=O) groups is 1. The van der Waals surface area contributed by atoms with Gasteiger partial charge in [0.05, 0.1) is 20.9 Å². The lowest BCUT2D eigenvalue weighted by molar-refractivity contribution is -0.384. The fraction of sp³-hybridized carbons (Fsp3) is 0.250. The Kier molecular flexibility index (Phi) is 5.81. The van der Waals surface area contributed by atoms with Gasteiger partial charge in [0.1, 0.15) is 0 Å². The molecule has 1 aromatic carbocycles. The van der Waals surface area contributed by atoms with Gasteiger partial charge >= 0.3 is 0 Å². The van der Waals surface area contributed by atoms with Gasteiger partial charge in [-0.25, -0.2) is 9.97 Å². The predicted octanol–water partition coefficient (Wildman–Crippen LogP) is 2.97. The average Bonchev–Trinajstić information content (AvgIpc) is 3.01. The first-order valence-corrected chi connectivity index (χ1v) is 9.82. The highest BCUT2D eigenvalue weighted by molar-refractivity contribution is 7.99. The molecule has 0 aliphatic heterocycles. The molecule has 27 heavy (non-hydrogen) atoms. The molecule has 0 bridgehead atoms. The number of H-pyrrole nitrogens is 1. The number of hydrogen-bond donors (Lipinski definition) is 2. The van der Waals surface area contributed by atoms with Crippen LogP contribution in [0.25, 0.3) is 10.2 Å². The quantitative estimate of drug-likeness (QED) is 0.267. The molecule has 0 radical (unpaired) electrons. The molecular weight excluding hydrogens is 390 g/mol. The molecule has 2 heterocycles. The molecule has 140 valence electrons. The number of amides is 1. The number of anilines is 1. The van der Waals surface area contributed by atoms with Gasteiger partial charge in [0.25, 0.3) is 11.2 Å². The van der Waals surface area contributed by atoms with Crippen molar-refractivity contribution >= 4 is 50.0 Å². The Morgan fingerprint density at radius 2 is 2.19 bits per heavy atom. The van der Waals surface area contributed by atoms with Crippen LogP contribution < -0.4 is 10.9 Å². The molecule has 3 rings (SSSR count). The minimum atomic E-state index is -0.478. The topological polar surface area (TPSA) is 131 Å². The normalized spacial score (nSPS) is 10.9. The van der Waals surface area contributed by atoms with Crippen LogP contribution >= 0.6 is 23.1 Å². The Morgan fingerprint density at radius 1 is 1.37 bits per heavy atom. The number of benzene rings is 1. The maximum Gasteiger partial charge on any atom is 0.270 e. The van der Waals surface area contributed by atoms with Crippen LogP contribution in [0.1, 0.15) is 19.0 Å². The summed E-state index contributed by atoms with van der Waals surface area (Å²) in [5.74, 6) is -0.258. The summed E-state index contributed by atoms with van der Waals surface area (Å²) in [5.41, 5.74) is 0.995. The van der Waals surface area contributed by atoms with Crippen LogP contribution in [0.4, 0.5) is 10.8 Å². The second kappa shape index (κ2) is 8.27. The number of carbonyl (C=O) groups excluding carboxylic acids is 1. The molecule has 0 aliphatic carbocycles. The van der Waals surface area contributed by atoms with Gasteiger partial charge in [0, 0.05) is 23.9 Å².